The lowest BCUT2D eigenvalue weighted by Crippen LogP contribution is -2.41. The topological polar surface area (TPSA) is 65.1 Å². The molecular weight excluding hydrogens is 344 g/mol. The Morgan fingerprint density at radius 2 is 1.85 bits per heavy atom. The van der Waals surface area contributed by atoms with E-state index in [2.05, 4.69) is 23.2 Å². The molecule has 2 aliphatic heterocycles. The number of hydrogen-bond acceptors (Lipinski definition) is 4. The fourth-order valence-electron chi connectivity index (χ4n) is 3.50. The van der Waals surface area contributed by atoms with Gasteiger partial charge in [-0.15, -0.1) is 0 Å². The van der Waals surface area contributed by atoms with Gasteiger partial charge in [-0.05, 0) is 31.0 Å². The van der Waals surface area contributed by atoms with E-state index in [1.807, 2.05) is 23.1 Å². The van der Waals surface area contributed by atoms with Crippen LogP contribution in [-0.4, -0.2) is 85.7 Å². The van der Waals surface area contributed by atoms with Gasteiger partial charge in [0.1, 0.15) is 6.54 Å². The van der Waals surface area contributed by atoms with Crippen LogP contribution in [0, 0.1) is 6.92 Å². The zero-order valence-corrected chi connectivity index (χ0v) is 16.2. The summed E-state index contributed by atoms with van der Waals surface area (Å²) in [6.45, 7) is 9.19. The Hall–Kier alpha value is -2.12. The molecule has 27 heavy (non-hydrogen) atoms. The monoisotopic (exact) mass is 374 g/mol. The van der Waals surface area contributed by atoms with Gasteiger partial charge in [-0.1, -0.05) is 24.3 Å². The second-order valence-electron chi connectivity index (χ2n) is 7.21. The summed E-state index contributed by atoms with van der Waals surface area (Å²) >= 11 is 0. The Labute approximate surface area is 161 Å². The first kappa shape index (κ1) is 19.6. The molecule has 0 unspecified atom stereocenters. The molecule has 1 aromatic carbocycles. The van der Waals surface area contributed by atoms with Crippen molar-refractivity contribution < 1.29 is 14.3 Å². The van der Waals surface area contributed by atoms with Crippen LogP contribution in [0.3, 0.4) is 0 Å². The van der Waals surface area contributed by atoms with Crippen molar-refractivity contribution in [2.45, 2.75) is 19.9 Å². The minimum absolute atomic E-state index is 0.0540. The molecule has 0 atom stereocenters. The normalized spacial score (nSPS) is 18.2. The Morgan fingerprint density at radius 3 is 2.63 bits per heavy atom. The Morgan fingerprint density at radius 1 is 1.11 bits per heavy atom. The molecule has 2 fully saturated rings. The molecule has 0 aromatic heterocycles. The molecule has 0 spiro atoms. The van der Waals surface area contributed by atoms with Gasteiger partial charge >= 0.3 is 6.03 Å². The standard InChI is InChI=1S/C20H30N4O3/c1-17-5-2-3-6-18(17)15-23-9-10-24(20(23)26)16-19(25)21-7-4-8-22-11-13-27-14-12-22/h2-3,5-6H,4,7-16H2,1H3,(H,21,25). The summed E-state index contributed by atoms with van der Waals surface area (Å²) in [6.07, 6.45) is 0.916. The number of urea groups is 1. The van der Waals surface area contributed by atoms with Crippen LogP contribution >= 0.6 is 0 Å². The lowest BCUT2D eigenvalue weighted by Gasteiger charge is -2.26. The molecular formula is C20H30N4O3. The fraction of sp³-hybridized carbons (Fsp3) is 0.600. The number of morpholine rings is 1. The molecule has 2 heterocycles. The fourth-order valence-corrected chi connectivity index (χ4v) is 3.50. The van der Waals surface area contributed by atoms with E-state index in [0.717, 1.165) is 44.8 Å². The van der Waals surface area contributed by atoms with Gasteiger partial charge < -0.3 is 19.9 Å². The lowest BCUT2D eigenvalue weighted by atomic mass is 10.1. The van der Waals surface area contributed by atoms with Gasteiger partial charge in [-0.2, -0.15) is 0 Å². The smallest absolute Gasteiger partial charge is 0.320 e. The van der Waals surface area contributed by atoms with Crippen molar-refractivity contribution in [1.82, 2.24) is 20.0 Å². The first-order valence-corrected chi connectivity index (χ1v) is 9.78. The van der Waals surface area contributed by atoms with E-state index in [9.17, 15) is 9.59 Å². The molecule has 0 aliphatic carbocycles. The van der Waals surface area contributed by atoms with E-state index in [1.165, 1.54) is 5.56 Å². The van der Waals surface area contributed by atoms with E-state index < -0.39 is 0 Å². The maximum absolute atomic E-state index is 12.5. The number of aryl methyl sites for hydroxylation is 1. The summed E-state index contributed by atoms with van der Waals surface area (Å²) in [5, 5.41) is 2.93. The van der Waals surface area contributed by atoms with E-state index in [0.29, 0.717) is 26.2 Å². The van der Waals surface area contributed by atoms with Crippen molar-refractivity contribution >= 4 is 11.9 Å². The Bertz CT molecular complexity index is 646. The van der Waals surface area contributed by atoms with Crippen LogP contribution in [0.25, 0.3) is 0 Å². The number of nitrogens with zero attached hydrogens (tertiary/aromatic N) is 3. The van der Waals surface area contributed by atoms with Gasteiger partial charge in [-0.3, -0.25) is 9.69 Å². The maximum Gasteiger partial charge on any atom is 0.320 e. The van der Waals surface area contributed by atoms with E-state index in [1.54, 1.807) is 4.90 Å². The highest BCUT2D eigenvalue weighted by molar-refractivity contribution is 5.85. The molecule has 3 amide bonds. The summed E-state index contributed by atoms with van der Waals surface area (Å²) < 4.78 is 5.33. The number of carbonyl (C=O) groups is 2. The van der Waals surface area contributed by atoms with E-state index in [4.69, 9.17) is 4.74 Å². The van der Waals surface area contributed by atoms with Crippen molar-refractivity contribution in [2.75, 3.05) is 59.0 Å². The predicted molar refractivity (Wildman–Crippen MR) is 103 cm³/mol. The van der Waals surface area contributed by atoms with Crippen molar-refractivity contribution in [3.63, 3.8) is 0 Å². The number of carbonyl (C=O) groups excluding carboxylic acids is 2. The van der Waals surface area contributed by atoms with E-state index in [-0.39, 0.29) is 18.5 Å². The maximum atomic E-state index is 12.5. The average molecular weight is 374 g/mol. The summed E-state index contributed by atoms with van der Waals surface area (Å²) in [4.78, 5) is 30.5. The molecule has 0 radical (unpaired) electrons. The second kappa shape index (κ2) is 9.71. The number of nitrogens with one attached hydrogen (secondary N) is 1. The third-order valence-electron chi connectivity index (χ3n) is 5.21. The number of amides is 3. The molecule has 1 aromatic rings. The quantitative estimate of drug-likeness (QED) is 0.692. The molecule has 7 heteroatoms. The molecule has 7 nitrogen and oxygen atoms in total. The number of hydrogen-bond donors (Lipinski definition) is 1. The van der Waals surface area contributed by atoms with Gasteiger partial charge in [0.25, 0.3) is 0 Å². The first-order valence-electron chi connectivity index (χ1n) is 9.78. The summed E-state index contributed by atoms with van der Waals surface area (Å²) in [5.41, 5.74) is 2.34. The van der Waals surface area contributed by atoms with Gasteiger partial charge in [0.2, 0.25) is 5.91 Å². The van der Waals surface area contributed by atoms with Crippen molar-refractivity contribution in [3.8, 4) is 0 Å². The summed E-state index contributed by atoms with van der Waals surface area (Å²) in [7, 11) is 0. The molecule has 2 saturated heterocycles. The summed E-state index contributed by atoms with van der Waals surface area (Å²) in [6, 6.07) is 8.04. The molecule has 0 saturated carbocycles. The third-order valence-corrected chi connectivity index (χ3v) is 5.21. The minimum atomic E-state index is -0.0805. The average Bonchev–Trinajstić information content (AvgIpc) is 3.01. The highest BCUT2D eigenvalue weighted by atomic mass is 16.5. The number of ether oxygens (including phenoxy) is 1. The number of rotatable bonds is 8. The Kier molecular flexibility index (Phi) is 7.06. The van der Waals surface area contributed by atoms with Crippen LogP contribution in [0.5, 0.6) is 0 Å². The van der Waals surface area contributed by atoms with Crippen molar-refractivity contribution in [1.29, 1.82) is 0 Å². The van der Waals surface area contributed by atoms with Gasteiger partial charge in [0.05, 0.1) is 13.2 Å². The van der Waals surface area contributed by atoms with Crippen molar-refractivity contribution in [3.05, 3.63) is 35.4 Å². The second-order valence-corrected chi connectivity index (χ2v) is 7.21. The first-order chi connectivity index (χ1) is 13.1. The van der Waals surface area contributed by atoms with Gasteiger partial charge in [-0.25, -0.2) is 4.79 Å². The largest absolute Gasteiger partial charge is 0.379 e. The van der Waals surface area contributed by atoms with Crippen LogP contribution in [0.15, 0.2) is 24.3 Å². The number of benzene rings is 1. The van der Waals surface area contributed by atoms with Crippen LogP contribution in [0.4, 0.5) is 4.79 Å². The zero-order chi connectivity index (χ0) is 19.1. The molecule has 1 N–H and O–H groups in total. The van der Waals surface area contributed by atoms with E-state index >= 15 is 0 Å². The van der Waals surface area contributed by atoms with Crippen molar-refractivity contribution in [2.24, 2.45) is 0 Å². The van der Waals surface area contributed by atoms with Crippen LogP contribution in [0.2, 0.25) is 0 Å². The highest BCUT2D eigenvalue weighted by Gasteiger charge is 2.29. The third kappa shape index (κ3) is 5.68. The zero-order valence-electron chi connectivity index (χ0n) is 16.2. The predicted octanol–water partition coefficient (Wildman–Crippen LogP) is 1.07. The molecule has 3 rings (SSSR count). The summed E-state index contributed by atoms with van der Waals surface area (Å²) in [5.74, 6) is -0.0805. The molecule has 2 aliphatic rings. The highest BCUT2D eigenvalue weighted by Crippen LogP contribution is 2.15. The van der Waals surface area contributed by atoms with Crippen LogP contribution in [0.1, 0.15) is 17.5 Å². The van der Waals surface area contributed by atoms with Gasteiger partial charge in [0, 0.05) is 39.3 Å². The molecule has 148 valence electrons. The lowest BCUT2D eigenvalue weighted by molar-refractivity contribution is -0.121. The SMILES string of the molecule is Cc1ccccc1CN1CCN(CC(=O)NCCCN2CCOCC2)C1=O. The Balaban J connectivity index is 1.36. The van der Waals surface area contributed by atoms with Gasteiger partial charge in [0.15, 0.2) is 0 Å². The minimum Gasteiger partial charge on any atom is -0.379 e. The molecule has 0 bridgehead atoms. The van der Waals surface area contributed by atoms with Crippen LogP contribution in [-0.2, 0) is 16.1 Å². The van der Waals surface area contributed by atoms with Crippen LogP contribution < -0.4 is 5.32 Å².